The Hall–Kier alpha value is -4.42. The van der Waals surface area contributed by atoms with E-state index in [1.165, 1.54) is 0 Å². The molecule has 35 heavy (non-hydrogen) atoms. The molecule has 3 aromatic carbocycles. The van der Waals surface area contributed by atoms with Crippen LogP contribution in [0.5, 0.6) is 5.88 Å². The molecule has 1 aliphatic rings. The van der Waals surface area contributed by atoms with Crippen LogP contribution in [0.15, 0.2) is 99.5 Å². The first kappa shape index (κ1) is 22.4. The number of hydrogen-bond donors (Lipinski definition) is 3. The monoisotopic (exact) mass is 481 g/mol. The molecule has 0 spiro atoms. The Morgan fingerprint density at radius 2 is 1.71 bits per heavy atom. The van der Waals surface area contributed by atoms with Crippen molar-refractivity contribution in [2.75, 3.05) is 0 Å². The Labute approximate surface area is 205 Å². The summed E-state index contributed by atoms with van der Waals surface area (Å²) in [5.74, 6) is -0.504. The van der Waals surface area contributed by atoms with Crippen LogP contribution in [0, 0.1) is 6.92 Å². The lowest BCUT2D eigenvalue weighted by atomic mass is 9.94. The molecule has 0 unspecified atom stereocenters. The highest BCUT2D eigenvalue weighted by Gasteiger charge is 2.23. The van der Waals surface area contributed by atoms with Crippen LogP contribution in [-0.4, -0.2) is 20.8 Å². The molecule has 5 rings (SSSR count). The van der Waals surface area contributed by atoms with Crippen LogP contribution in [-0.2, 0) is 0 Å². The first-order valence-electron chi connectivity index (χ1n) is 10.9. The third-order valence-corrected chi connectivity index (χ3v) is 5.99. The van der Waals surface area contributed by atoms with Crippen LogP contribution < -0.4 is 11.2 Å². The first-order chi connectivity index (χ1) is 16.9. The van der Waals surface area contributed by atoms with Crippen LogP contribution in [0.3, 0.4) is 0 Å². The Kier molecular flexibility index (Phi) is 5.81. The molecule has 0 aliphatic carbocycles. The van der Waals surface area contributed by atoms with Gasteiger partial charge < -0.3 is 5.11 Å². The van der Waals surface area contributed by atoms with Crippen LogP contribution in [0.4, 0.5) is 5.69 Å². The number of aromatic amines is 2. The summed E-state index contributed by atoms with van der Waals surface area (Å²) in [5, 5.41) is 11.1. The fraction of sp³-hybridized carbons (Fsp3) is 0.0357. The SMILES string of the molecule is Cc1ccc(/C(=C/C=C2\C(c3ccccc3)=Nc3ccc(Cl)cc32)c2c(O)[nH]c(=O)[nH]c2=O)cc1. The number of fused-ring (bicyclic) bond motifs is 1. The van der Waals surface area contributed by atoms with E-state index in [9.17, 15) is 14.7 Å². The summed E-state index contributed by atoms with van der Waals surface area (Å²) in [5.41, 5.74) is 4.83. The molecule has 0 saturated carbocycles. The van der Waals surface area contributed by atoms with Gasteiger partial charge in [-0.1, -0.05) is 83.9 Å². The van der Waals surface area contributed by atoms with E-state index < -0.39 is 17.1 Å². The van der Waals surface area contributed by atoms with Gasteiger partial charge in [0.25, 0.3) is 5.56 Å². The number of halogens is 1. The predicted octanol–water partition coefficient (Wildman–Crippen LogP) is 5.38. The molecule has 0 fully saturated rings. The first-order valence-corrected chi connectivity index (χ1v) is 11.3. The van der Waals surface area contributed by atoms with E-state index in [1.807, 2.05) is 79.7 Å². The van der Waals surface area contributed by atoms with Crippen LogP contribution >= 0.6 is 11.6 Å². The van der Waals surface area contributed by atoms with E-state index in [0.717, 1.165) is 33.7 Å². The largest absolute Gasteiger partial charge is 0.494 e. The van der Waals surface area contributed by atoms with Crippen molar-refractivity contribution in [2.45, 2.75) is 6.92 Å². The molecule has 1 aromatic heterocycles. The topological polar surface area (TPSA) is 98.3 Å². The zero-order chi connectivity index (χ0) is 24.5. The van der Waals surface area contributed by atoms with E-state index in [2.05, 4.69) is 9.97 Å². The molecule has 0 amide bonds. The maximum absolute atomic E-state index is 12.7. The smallest absolute Gasteiger partial charge is 0.328 e. The zero-order valence-electron chi connectivity index (χ0n) is 18.7. The van der Waals surface area contributed by atoms with E-state index in [0.29, 0.717) is 16.2 Å². The molecular formula is C28H20ClN3O3. The second-order valence-electron chi connectivity index (χ2n) is 8.15. The number of aliphatic imine (C=N–C) groups is 1. The van der Waals surface area contributed by atoms with Crippen molar-refractivity contribution in [3.63, 3.8) is 0 Å². The molecule has 4 aromatic rings. The third kappa shape index (κ3) is 4.39. The summed E-state index contributed by atoms with van der Waals surface area (Å²) in [6, 6.07) is 22.8. The molecule has 0 radical (unpaired) electrons. The summed E-state index contributed by atoms with van der Waals surface area (Å²) >= 11 is 6.30. The molecule has 6 nitrogen and oxygen atoms in total. The van der Waals surface area contributed by atoms with Crippen molar-refractivity contribution in [1.82, 2.24) is 9.97 Å². The quantitative estimate of drug-likeness (QED) is 0.365. The maximum atomic E-state index is 12.7. The van der Waals surface area contributed by atoms with Gasteiger partial charge in [-0.05, 0) is 36.3 Å². The van der Waals surface area contributed by atoms with Gasteiger partial charge in [-0.2, -0.15) is 0 Å². The van der Waals surface area contributed by atoms with Crippen LogP contribution in [0.25, 0.3) is 11.1 Å². The molecule has 2 heterocycles. The van der Waals surface area contributed by atoms with Crippen molar-refractivity contribution in [3.05, 3.63) is 139 Å². The number of H-pyrrole nitrogens is 2. The lowest BCUT2D eigenvalue weighted by Gasteiger charge is -2.10. The number of aromatic nitrogens is 2. The molecule has 3 N–H and O–H groups in total. The number of nitrogens with zero attached hydrogens (tertiary/aromatic N) is 1. The lowest BCUT2D eigenvalue weighted by molar-refractivity contribution is 0.446. The third-order valence-electron chi connectivity index (χ3n) is 5.75. The van der Waals surface area contributed by atoms with Gasteiger partial charge in [0, 0.05) is 21.7 Å². The minimum Gasteiger partial charge on any atom is -0.494 e. The number of nitrogens with one attached hydrogen (secondary N) is 2. The summed E-state index contributed by atoms with van der Waals surface area (Å²) in [6.07, 6.45) is 3.60. The molecule has 172 valence electrons. The molecule has 0 saturated heterocycles. The van der Waals surface area contributed by atoms with E-state index >= 15 is 0 Å². The van der Waals surface area contributed by atoms with Gasteiger partial charge in [-0.15, -0.1) is 0 Å². The summed E-state index contributed by atoms with van der Waals surface area (Å²) in [7, 11) is 0. The van der Waals surface area contributed by atoms with E-state index in [1.54, 1.807) is 12.1 Å². The fourth-order valence-electron chi connectivity index (χ4n) is 4.06. The van der Waals surface area contributed by atoms with Crippen molar-refractivity contribution in [1.29, 1.82) is 0 Å². The van der Waals surface area contributed by atoms with Crippen molar-refractivity contribution >= 4 is 34.1 Å². The Morgan fingerprint density at radius 1 is 0.971 bits per heavy atom. The number of rotatable bonds is 4. The van der Waals surface area contributed by atoms with Gasteiger partial charge >= 0.3 is 5.69 Å². The highest BCUT2D eigenvalue weighted by molar-refractivity contribution is 6.37. The second-order valence-corrected chi connectivity index (χ2v) is 8.58. The maximum Gasteiger partial charge on any atom is 0.328 e. The summed E-state index contributed by atoms with van der Waals surface area (Å²) in [4.78, 5) is 33.7. The van der Waals surface area contributed by atoms with Crippen molar-refractivity contribution < 1.29 is 5.11 Å². The highest BCUT2D eigenvalue weighted by atomic mass is 35.5. The van der Waals surface area contributed by atoms with Gasteiger partial charge in [0.1, 0.15) is 5.56 Å². The predicted molar refractivity (Wildman–Crippen MR) is 140 cm³/mol. The molecule has 0 bridgehead atoms. The number of aromatic hydroxyl groups is 1. The van der Waals surface area contributed by atoms with E-state index in [4.69, 9.17) is 16.6 Å². The average Bonchev–Trinajstić information content (AvgIpc) is 3.19. The van der Waals surface area contributed by atoms with Crippen molar-refractivity contribution in [2.24, 2.45) is 4.99 Å². The Bertz CT molecular complexity index is 1640. The van der Waals surface area contributed by atoms with Crippen LogP contribution in [0.1, 0.15) is 27.8 Å². The highest BCUT2D eigenvalue weighted by Crippen LogP contribution is 2.39. The summed E-state index contributed by atoms with van der Waals surface area (Å²) < 4.78 is 0. The molecule has 1 aliphatic heterocycles. The Morgan fingerprint density at radius 3 is 2.43 bits per heavy atom. The van der Waals surface area contributed by atoms with Crippen molar-refractivity contribution in [3.8, 4) is 5.88 Å². The lowest BCUT2D eigenvalue weighted by Crippen LogP contribution is -2.24. The average molecular weight is 482 g/mol. The summed E-state index contributed by atoms with van der Waals surface area (Å²) in [6.45, 7) is 1.96. The van der Waals surface area contributed by atoms with Gasteiger partial charge in [0.05, 0.1) is 11.4 Å². The fourth-order valence-corrected chi connectivity index (χ4v) is 4.23. The van der Waals surface area contributed by atoms with Gasteiger partial charge in [-0.3, -0.25) is 14.8 Å². The molecular weight excluding hydrogens is 462 g/mol. The van der Waals surface area contributed by atoms with Gasteiger partial charge in [-0.25, -0.2) is 9.79 Å². The number of benzene rings is 3. The number of allylic oxidation sites excluding steroid dienone is 3. The minimum atomic E-state index is -0.782. The van der Waals surface area contributed by atoms with E-state index in [-0.39, 0.29) is 5.56 Å². The second kappa shape index (κ2) is 9.08. The molecule has 7 heteroatoms. The zero-order valence-corrected chi connectivity index (χ0v) is 19.4. The standard InChI is InChI=1S/C28H20ClN3O3/c1-16-7-9-17(10-8-16)20(24-26(33)31-28(35)32-27(24)34)12-13-21-22-15-19(29)11-14-23(22)30-25(21)18-5-3-2-4-6-18/h2-15H,1H3,(H3,31,32,33,34,35)/b20-12-,21-13-. The minimum absolute atomic E-state index is 0.0344. The number of hydrogen-bond acceptors (Lipinski definition) is 4. The normalized spacial score (nSPS) is 14.2. The van der Waals surface area contributed by atoms with Gasteiger partial charge in [0.15, 0.2) is 0 Å². The molecule has 0 atom stereocenters. The van der Waals surface area contributed by atoms with Gasteiger partial charge in [0.2, 0.25) is 5.88 Å². The number of aryl methyl sites for hydroxylation is 1. The van der Waals surface area contributed by atoms with Crippen LogP contribution in [0.2, 0.25) is 5.02 Å². The Balaban J connectivity index is 1.75.